The number of fused-ring (bicyclic) bond motifs is 1. The molecule has 0 radical (unpaired) electrons. The smallest absolute Gasteiger partial charge is 0.273 e. The number of aryl methyl sites for hydroxylation is 1. The van der Waals surface area contributed by atoms with Crippen LogP contribution in [-0.2, 0) is 11.3 Å². The Hall–Kier alpha value is -2.56. The summed E-state index contributed by atoms with van der Waals surface area (Å²) in [7, 11) is 0. The van der Waals surface area contributed by atoms with Crippen molar-refractivity contribution in [3.63, 3.8) is 0 Å². The molecule has 0 aliphatic carbocycles. The standard InChI is InChI=1S/C21H32FN5O4/c1-21(2,3)18(20(31)24-11-13(29)12-28)25-19(30)16-14-7-6-8-15(22)17(14)27(26-16)10-5-4-9-23/h6-8,13,18,28-29H,4-5,9-12,23H2,1-3H3,(H,24,31)(H,25,30). The molecule has 1 aromatic carbocycles. The first-order chi connectivity index (χ1) is 14.6. The Morgan fingerprint density at radius 3 is 2.61 bits per heavy atom. The first kappa shape index (κ1) is 24.7. The fourth-order valence-corrected chi connectivity index (χ4v) is 3.19. The molecule has 2 amide bonds. The Kier molecular flexibility index (Phi) is 8.49. The van der Waals surface area contributed by atoms with E-state index in [1.54, 1.807) is 26.8 Å². The molecule has 0 aliphatic rings. The van der Waals surface area contributed by atoms with Gasteiger partial charge in [0.25, 0.3) is 5.91 Å². The number of carbonyl (C=O) groups is 2. The molecule has 0 aliphatic heterocycles. The predicted octanol–water partition coefficient (Wildman–Crippen LogP) is 0.528. The number of nitrogens with two attached hydrogens (primary N) is 1. The molecule has 0 fully saturated rings. The highest BCUT2D eigenvalue weighted by Gasteiger charge is 2.34. The monoisotopic (exact) mass is 437 g/mol. The molecule has 2 unspecified atom stereocenters. The number of aliphatic hydroxyl groups excluding tert-OH is 2. The second kappa shape index (κ2) is 10.7. The minimum atomic E-state index is -1.10. The maximum Gasteiger partial charge on any atom is 0.273 e. The molecular formula is C21H32FN5O4. The van der Waals surface area contributed by atoms with Crippen molar-refractivity contribution in [3.05, 3.63) is 29.7 Å². The van der Waals surface area contributed by atoms with Gasteiger partial charge in [0.2, 0.25) is 5.91 Å². The number of para-hydroxylation sites is 1. The van der Waals surface area contributed by atoms with Crippen molar-refractivity contribution in [1.29, 1.82) is 0 Å². The third-order valence-corrected chi connectivity index (χ3v) is 4.89. The lowest BCUT2D eigenvalue weighted by atomic mass is 9.86. The van der Waals surface area contributed by atoms with E-state index in [1.807, 2.05) is 0 Å². The van der Waals surface area contributed by atoms with E-state index in [9.17, 15) is 19.1 Å². The van der Waals surface area contributed by atoms with E-state index in [0.29, 0.717) is 24.9 Å². The summed E-state index contributed by atoms with van der Waals surface area (Å²) in [6, 6.07) is 3.48. The van der Waals surface area contributed by atoms with Crippen molar-refractivity contribution < 1.29 is 24.2 Å². The molecule has 6 N–H and O–H groups in total. The molecule has 10 heteroatoms. The molecule has 31 heavy (non-hydrogen) atoms. The zero-order valence-electron chi connectivity index (χ0n) is 18.2. The minimum Gasteiger partial charge on any atom is -0.394 e. The van der Waals surface area contributed by atoms with Crippen LogP contribution in [0.5, 0.6) is 0 Å². The minimum absolute atomic E-state index is 0.0275. The molecule has 0 saturated carbocycles. The zero-order chi connectivity index (χ0) is 23.2. The van der Waals surface area contributed by atoms with Crippen LogP contribution in [0.2, 0.25) is 0 Å². The maximum atomic E-state index is 14.5. The Balaban J connectivity index is 2.31. The number of hydrogen-bond donors (Lipinski definition) is 5. The van der Waals surface area contributed by atoms with Crippen molar-refractivity contribution in [2.24, 2.45) is 11.1 Å². The summed E-state index contributed by atoms with van der Waals surface area (Å²) in [6.07, 6.45) is 0.322. The molecule has 1 heterocycles. The topological polar surface area (TPSA) is 142 Å². The highest BCUT2D eigenvalue weighted by molar-refractivity contribution is 6.06. The fraction of sp³-hybridized carbons (Fsp3) is 0.571. The summed E-state index contributed by atoms with van der Waals surface area (Å²) in [6.45, 7) is 5.61. The quantitative estimate of drug-likeness (QED) is 0.343. The van der Waals surface area contributed by atoms with Crippen LogP contribution in [0.4, 0.5) is 4.39 Å². The number of aliphatic hydroxyl groups is 2. The van der Waals surface area contributed by atoms with Crippen LogP contribution in [0.3, 0.4) is 0 Å². The lowest BCUT2D eigenvalue weighted by molar-refractivity contribution is -0.125. The van der Waals surface area contributed by atoms with E-state index in [1.165, 1.54) is 16.8 Å². The number of benzene rings is 1. The number of aromatic nitrogens is 2. The first-order valence-electron chi connectivity index (χ1n) is 10.3. The fourth-order valence-electron chi connectivity index (χ4n) is 3.19. The Bertz CT molecular complexity index is 909. The van der Waals surface area contributed by atoms with E-state index in [-0.39, 0.29) is 17.8 Å². The Labute approximate surface area is 180 Å². The normalized spacial score (nSPS) is 13.8. The van der Waals surface area contributed by atoms with Crippen LogP contribution >= 0.6 is 0 Å². The van der Waals surface area contributed by atoms with Gasteiger partial charge in [-0.25, -0.2) is 4.39 Å². The van der Waals surface area contributed by atoms with E-state index < -0.39 is 41.8 Å². The summed E-state index contributed by atoms with van der Waals surface area (Å²) in [5.74, 6) is -1.60. The van der Waals surface area contributed by atoms with Crippen LogP contribution in [-0.4, -0.2) is 63.7 Å². The molecule has 0 bridgehead atoms. The van der Waals surface area contributed by atoms with E-state index >= 15 is 0 Å². The number of halogens is 1. The van der Waals surface area contributed by atoms with Crippen LogP contribution in [0, 0.1) is 11.2 Å². The first-order valence-corrected chi connectivity index (χ1v) is 10.3. The largest absolute Gasteiger partial charge is 0.394 e. The van der Waals surface area contributed by atoms with Crippen molar-refractivity contribution >= 4 is 22.7 Å². The molecule has 2 rings (SSSR count). The lowest BCUT2D eigenvalue weighted by Gasteiger charge is -2.30. The average Bonchev–Trinajstić information content (AvgIpc) is 3.09. The van der Waals surface area contributed by atoms with Crippen molar-refractivity contribution in [1.82, 2.24) is 20.4 Å². The van der Waals surface area contributed by atoms with Gasteiger partial charge in [-0.2, -0.15) is 5.10 Å². The SMILES string of the molecule is CC(C)(C)C(NC(=O)c1nn(CCCCN)c2c(F)cccc12)C(=O)NCC(O)CO. The van der Waals surface area contributed by atoms with Gasteiger partial charge in [-0.3, -0.25) is 14.3 Å². The van der Waals surface area contributed by atoms with Crippen LogP contribution in [0.15, 0.2) is 18.2 Å². The number of nitrogens with one attached hydrogen (secondary N) is 2. The number of unbranched alkanes of at least 4 members (excludes halogenated alkanes) is 1. The molecule has 0 spiro atoms. The van der Waals surface area contributed by atoms with Gasteiger partial charge in [-0.05, 0) is 30.9 Å². The van der Waals surface area contributed by atoms with Gasteiger partial charge >= 0.3 is 0 Å². The van der Waals surface area contributed by atoms with Gasteiger partial charge in [0, 0.05) is 18.5 Å². The summed E-state index contributed by atoms with van der Waals surface area (Å²) in [4.78, 5) is 25.7. The third kappa shape index (κ3) is 6.22. The molecular weight excluding hydrogens is 405 g/mol. The molecule has 9 nitrogen and oxygen atoms in total. The zero-order valence-corrected chi connectivity index (χ0v) is 18.2. The number of rotatable bonds is 10. The van der Waals surface area contributed by atoms with Crippen LogP contribution in [0.25, 0.3) is 10.9 Å². The highest BCUT2D eigenvalue weighted by Crippen LogP contribution is 2.24. The maximum absolute atomic E-state index is 14.5. The van der Waals surface area contributed by atoms with Crippen LogP contribution in [0.1, 0.15) is 44.1 Å². The van der Waals surface area contributed by atoms with E-state index in [2.05, 4.69) is 15.7 Å². The van der Waals surface area contributed by atoms with Gasteiger partial charge in [0.1, 0.15) is 17.4 Å². The van der Waals surface area contributed by atoms with Gasteiger partial charge in [0.15, 0.2) is 5.69 Å². The summed E-state index contributed by atoms with van der Waals surface area (Å²) in [5, 5.41) is 28.3. The van der Waals surface area contributed by atoms with Crippen molar-refractivity contribution in [3.8, 4) is 0 Å². The third-order valence-electron chi connectivity index (χ3n) is 4.89. The molecule has 2 aromatic rings. The summed E-state index contributed by atoms with van der Waals surface area (Å²) >= 11 is 0. The molecule has 2 atom stereocenters. The Morgan fingerprint density at radius 1 is 1.29 bits per heavy atom. The van der Waals surface area contributed by atoms with Gasteiger partial charge in [-0.15, -0.1) is 0 Å². The predicted molar refractivity (Wildman–Crippen MR) is 115 cm³/mol. The number of carbonyl (C=O) groups excluding carboxylic acids is 2. The van der Waals surface area contributed by atoms with Crippen molar-refractivity contribution in [2.45, 2.75) is 52.3 Å². The summed E-state index contributed by atoms with van der Waals surface area (Å²) < 4.78 is 16.0. The van der Waals surface area contributed by atoms with Gasteiger partial charge in [-0.1, -0.05) is 32.9 Å². The van der Waals surface area contributed by atoms with E-state index in [0.717, 1.165) is 6.42 Å². The molecule has 1 aromatic heterocycles. The number of hydrogen-bond acceptors (Lipinski definition) is 6. The lowest BCUT2D eigenvalue weighted by Crippen LogP contribution is -2.54. The number of nitrogens with zero attached hydrogens (tertiary/aromatic N) is 2. The van der Waals surface area contributed by atoms with Crippen LogP contribution < -0.4 is 16.4 Å². The van der Waals surface area contributed by atoms with Gasteiger partial charge < -0.3 is 26.6 Å². The van der Waals surface area contributed by atoms with Gasteiger partial charge in [0.05, 0.1) is 12.7 Å². The molecule has 172 valence electrons. The highest BCUT2D eigenvalue weighted by atomic mass is 19.1. The average molecular weight is 438 g/mol. The van der Waals surface area contributed by atoms with Crippen molar-refractivity contribution in [2.75, 3.05) is 19.7 Å². The number of amides is 2. The van der Waals surface area contributed by atoms with E-state index in [4.69, 9.17) is 10.8 Å². The second-order valence-electron chi connectivity index (χ2n) is 8.56. The second-order valence-corrected chi connectivity index (χ2v) is 8.56. The summed E-state index contributed by atoms with van der Waals surface area (Å²) in [5.41, 5.74) is 5.13. The molecule has 0 saturated heterocycles. The Morgan fingerprint density at radius 2 is 2.00 bits per heavy atom.